The van der Waals surface area contributed by atoms with Crippen molar-refractivity contribution in [1.29, 1.82) is 0 Å². The number of rotatable bonds is 25. The Bertz CT molecular complexity index is 6860. The SMILES string of the molecule is C1CCNC1.CC1(C)OB(c2ccc(C=O)cc2)OC1(C)C.O=Cc1ccc(-c2cc(Oc3ccc4nc(N[C@@H]5CCCC[C@H]5O)sc4c3)ccn2)cc1.O=Cc1ccc(-c2cc(Oc3ccc4nc(N[C@@H]5CCCC[C@H]5O)sc4c3)ccn2)cc1.O[C@@H]1CCCC[C@H]1Nc1nc2ccc(Oc3ccnc(-c4ccc(CN5CCCC5)cc4)c3)cc2s1.O[C@@H]1CCCC[C@H]1Nc1nc2ccc(Oc3ccnc(Cl)c3)cc2s1. The molecule has 0 amide bonds. The standard InChI is InChI=1S/C29H32N4O2S.2C25H23N3O3S.C18H18ClN3O2S.C13H17BO3.C4H9N/c34-27-6-2-1-5-24(27)31-29-32-25-12-11-22(18-28(25)36-29)35-23-13-14-30-26(17-23)21-9-7-20(8-10-21)19-33-15-3-4-16-33;2*29-15-16-5-7-17(8-6-16)22-13-19(11-12-26-22)31-18-9-10-21-24(14-18)32-25(28-21)27-20-3-1-2-4-23(20)30;19-17-10-12(7-8-20-17)24-11-5-6-14-16(9-11)25-18(22-14)21-13-3-1-2-4-15(13)23;1-12(2)13(3,4)17-14(16-12)11-7-5-10(9-15)6-8-11;1-2-4-5-3-1/h7-14,17-18,24,27,34H,1-6,15-16,19H2,(H,31,32);2*5-15,20,23,30H,1-4H2,(H,27,28);5-10,13,15,23H,1-4H2,(H,21,22);5-9H,1-4H3;5H,1-4H2/t24-,27-;2*20-,23-;13-,15-;;/m1111../s1. The van der Waals surface area contributed by atoms with Gasteiger partial charge in [0, 0.05) is 113 Å². The Morgan fingerprint density at radius 2 is 0.660 bits per heavy atom. The van der Waals surface area contributed by atoms with Crippen LogP contribution in [0.1, 0.15) is 193 Å². The summed E-state index contributed by atoms with van der Waals surface area (Å²) in [5.74, 6) is 5.71. The van der Waals surface area contributed by atoms with Crippen molar-refractivity contribution >= 4 is 150 Å². The average Bonchev–Trinajstić information content (AvgIpc) is 1.62. The number of ether oxygens (including phenoxy) is 4. The largest absolute Gasteiger partial charge is 0.494 e. The number of halogens is 1. The van der Waals surface area contributed by atoms with E-state index < -0.39 is 0 Å². The zero-order chi connectivity index (χ0) is 102. The van der Waals surface area contributed by atoms with Crippen LogP contribution in [0, 0.1) is 0 Å². The van der Waals surface area contributed by atoms with Crippen LogP contribution in [0.4, 0.5) is 20.5 Å². The Morgan fingerprint density at radius 3 is 0.959 bits per heavy atom. The number of aldehydes is 3. The van der Waals surface area contributed by atoms with Gasteiger partial charge in [0.15, 0.2) is 20.5 Å². The molecule has 3 aliphatic heterocycles. The lowest BCUT2D eigenvalue weighted by atomic mass is 9.79. The number of carbonyl (C=O) groups is 3. The van der Waals surface area contributed by atoms with Crippen molar-refractivity contribution in [3.05, 3.63) is 271 Å². The molecule has 8 aromatic carbocycles. The maximum Gasteiger partial charge on any atom is 0.494 e. The number of hydrogen-bond acceptors (Lipinski definition) is 31. The van der Waals surface area contributed by atoms with Gasteiger partial charge in [-0.05, 0) is 215 Å². The van der Waals surface area contributed by atoms with Crippen LogP contribution in [0.2, 0.25) is 5.15 Å². The second-order valence-corrected chi connectivity index (χ2v) is 43.4. The lowest BCUT2D eigenvalue weighted by Crippen LogP contribution is -2.41. The summed E-state index contributed by atoms with van der Waals surface area (Å²) in [7, 11) is -0.360. The molecule has 23 rings (SSSR count). The lowest BCUT2D eigenvalue weighted by Gasteiger charge is -2.32. The van der Waals surface area contributed by atoms with Crippen molar-refractivity contribution in [2.24, 2.45) is 0 Å². The van der Waals surface area contributed by atoms with Gasteiger partial charge in [-0.3, -0.25) is 34.2 Å². The maximum absolute atomic E-state index is 10.9. The van der Waals surface area contributed by atoms with Crippen molar-refractivity contribution in [2.45, 2.75) is 222 Å². The molecule has 8 atom stereocenters. The van der Waals surface area contributed by atoms with E-state index in [1.54, 1.807) is 119 Å². The van der Waals surface area contributed by atoms with E-state index in [4.69, 9.17) is 44.8 Å². The van der Waals surface area contributed by atoms with E-state index in [1.807, 2.05) is 173 Å². The third-order valence-electron chi connectivity index (χ3n) is 27.5. The molecule has 11 heterocycles. The van der Waals surface area contributed by atoms with Crippen molar-refractivity contribution in [2.75, 3.05) is 47.4 Å². The van der Waals surface area contributed by atoms with Crippen LogP contribution in [0.25, 0.3) is 74.6 Å². The summed E-state index contributed by atoms with van der Waals surface area (Å²) in [5.41, 5.74) is 12.6. The zero-order valence-corrected chi connectivity index (χ0v) is 86.7. The van der Waals surface area contributed by atoms with Gasteiger partial charge in [-0.25, -0.2) is 24.9 Å². The molecule has 9 N–H and O–H groups in total. The van der Waals surface area contributed by atoms with Gasteiger partial charge in [0.2, 0.25) is 0 Å². The molecule has 16 aromatic rings. The first-order valence-electron chi connectivity index (χ1n) is 50.7. The van der Waals surface area contributed by atoms with Crippen LogP contribution in [0.3, 0.4) is 0 Å². The number of anilines is 4. The molecule has 27 nitrogen and oxygen atoms in total. The second kappa shape index (κ2) is 49.9. The summed E-state index contributed by atoms with van der Waals surface area (Å²) < 4.78 is 40.2. The van der Waals surface area contributed by atoms with Gasteiger partial charge >= 0.3 is 7.12 Å². The molecule has 0 radical (unpaired) electrons. The van der Waals surface area contributed by atoms with Crippen LogP contribution in [0.5, 0.6) is 46.0 Å². The van der Waals surface area contributed by atoms with Gasteiger partial charge in [0.25, 0.3) is 0 Å². The zero-order valence-electron chi connectivity index (χ0n) is 82.7. The molecule has 33 heteroatoms. The maximum atomic E-state index is 10.9. The Balaban J connectivity index is 0.000000121. The minimum Gasteiger partial charge on any atom is -0.457 e. The van der Waals surface area contributed by atoms with Gasteiger partial charge in [-0.15, -0.1) is 0 Å². The number of aromatic nitrogens is 8. The molecular weight excluding hydrogens is 1950 g/mol. The summed E-state index contributed by atoms with van der Waals surface area (Å²) in [5, 5.41) is 61.4. The molecule has 0 bridgehead atoms. The van der Waals surface area contributed by atoms with E-state index in [0.29, 0.717) is 39.1 Å². The average molecular weight is 2070 g/mol. The number of pyridine rings is 4. The van der Waals surface area contributed by atoms with Crippen LogP contribution < -0.4 is 51.0 Å². The van der Waals surface area contributed by atoms with Gasteiger partial charge in [0.05, 0.1) is 118 Å². The summed E-state index contributed by atoms with van der Waals surface area (Å²) in [6, 6.07) is 69.0. The highest BCUT2D eigenvalue weighted by atomic mass is 35.5. The lowest BCUT2D eigenvalue weighted by molar-refractivity contribution is 0.00578. The number of nitrogens with zero attached hydrogens (tertiary/aromatic N) is 9. The molecule has 7 fully saturated rings. The third kappa shape index (κ3) is 28.5. The number of benzene rings is 8. The third-order valence-corrected chi connectivity index (χ3v) is 31.5. The fourth-order valence-electron chi connectivity index (χ4n) is 18.5. The van der Waals surface area contributed by atoms with E-state index in [0.717, 1.165) is 258 Å². The van der Waals surface area contributed by atoms with Crippen LogP contribution in [-0.4, -0.2) is 177 Å². The molecule has 147 heavy (non-hydrogen) atoms. The topological polar surface area (TPSA) is 354 Å². The number of likely N-dealkylation sites (tertiary alicyclic amines) is 1. The Kier molecular flexibility index (Phi) is 35.4. The quantitative estimate of drug-likeness (QED) is 0.0146. The van der Waals surface area contributed by atoms with Crippen molar-refractivity contribution < 1.29 is 63.1 Å². The second-order valence-electron chi connectivity index (χ2n) is 38.8. The molecule has 0 spiro atoms. The molecule has 4 aliphatic carbocycles. The molecule has 3 saturated heterocycles. The highest BCUT2D eigenvalue weighted by Crippen LogP contribution is 2.42. The van der Waals surface area contributed by atoms with E-state index in [-0.39, 0.29) is 66.9 Å². The summed E-state index contributed by atoms with van der Waals surface area (Å²) in [6.45, 7) is 14.0. The predicted molar refractivity (Wildman–Crippen MR) is 590 cm³/mol. The highest BCUT2D eigenvalue weighted by molar-refractivity contribution is 7.23. The summed E-state index contributed by atoms with van der Waals surface area (Å²) in [6.07, 6.45) is 29.7. The minimum absolute atomic E-state index is 0.0656. The molecule has 0 unspecified atom stereocenters. The summed E-state index contributed by atoms with van der Waals surface area (Å²) in [4.78, 5) is 70.8. The van der Waals surface area contributed by atoms with Gasteiger partial charge in [0.1, 0.15) is 70.0 Å². The molecule has 7 aliphatic rings. The molecule has 4 saturated carbocycles. The van der Waals surface area contributed by atoms with Crippen LogP contribution in [-0.2, 0) is 15.9 Å². The van der Waals surface area contributed by atoms with Crippen LogP contribution in [0.15, 0.2) is 243 Å². The van der Waals surface area contributed by atoms with Crippen molar-refractivity contribution in [3.63, 3.8) is 0 Å². The summed E-state index contributed by atoms with van der Waals surface area (Å²) >= 11 is 12.2. The van der Waals surface area contributed by atoms with Crippen molar-refractivity contribution in [3.8, 4) is 79.8 Å². The van der Waals surface area contributed by atoms with E-state index in [1.165, 1.54) is 57.4 Å². The van der Waals surface area contributed by atoms with Gasteiger partial charge in [-0.1, -0.05) is 205 Å². The fourth-order valence-corrected chi connectivity index (χ4v) is 22.5. The number of fused-ring (bicyclic) bond motifs is 4. The molecular formula is C114H122BClN14O13S4. The Morgan fingerprint density at radius 1 is 0.367 bits per heavy atom. The van der Waals surface area contributed by atoms with Gasteiger partial charge < -0.3 is 75.3 Å². The first-order valence-corrected chi connectivity index (χ1v) is 54.4. The number of nitrogens with one attached hydrogen (secondary N) is 5. The smallest absolute Gasteiger partial charge is 0.457 e. The first-order chi connectivity index (χ1) is 71.6. The number of aliphatic hydroxyl groups excluding tert-OH is 4. The highest BCUT2D eigenvalue weighted by Gasteiger charge is 2.52. The number of thiazole rings is 4. The monoisotopic (exact) mass is 2070 g/mol. The normalized spacial score (nSPS) is 19.9. The number of hydrogen-bond donors (Lipinski definition) is 9. The van der Waals surface area contributed by atoms with Crippen molar-refractivity contribution in [1.82, 2.24) is 50.1 Å². The van der Waals surface area contributed by atoms with Gasteiger partial charge in [-0.2, -0.15) is 0 Å². The fraction of sp³-hybridized carbons (Fsp3) is 0.342. The minimum atomic E-state index is -0.360. The Labute approximate surface area is 876 Å². The Hall–Kier alpha value is -12.6. The predicted octanol–water partition coefficient (Wildman–Crippen LogP) is 24.8. The number of carbonyl (C=O) groups excluding carboxylic acids is 3. The van der Waals surface area contributed by atoms with E-state index in [2.05, 4.69) is 90.6 Å². The van der Waals surface area contributed by atoms with Crippen LogP contribution >= 0.6 is 56.9 Å². The first kappa shape index (κ1) is 104. The van der Waals surface area contributed by atoms with E-state index in [9.17, 15) is 34.8 Å². The molecule has 760 valence electrons. The number of aliphatic hydroxyl groups is 4. The molecule has 8 aromatic heterocycles. The van der Waals surface area contributed by atoms with E-state index >= 15 is 0 Å².